The van der Waals surface area contributed by atoms with Crippen LogP contribution in [0.5, 0.6) is 0 Å². The predicted molar refractivity (Wildman–Crippen MR) is 43.6 cm³/mol. The molecule has 0 spiro atoms. The Morgan fingerprint density at radius 2 is 1.93 bits per heavy atom. The van der Waals surface area contributed by atoms with Crippen LogP contribution in [0.3, 0.4) is 0 Å². The lowest BCUT2D eigenvalue weighted by Gasteiger charge is -2.04. The molecule has 4 nitrogen and oxygen atoms in total. The van der Waals surface area contributed by atoms with E-state index in [1.54, 1.807) is 12.1 Å². The third kappa shape index (κ3) is 1.95. The molecule has 0 saturated heterocycles. The molecule has 0 bridgehead atoms. The van der Waals surface area contributed by atoms with Gasteiger partial charge in [-0.3, -0.25) is 4.98 Å². The molecule has 2 aromatic heterocycles. The van der Waals surface area contributed by atoms with Gasteiger partial charge in [-0.05, 0) is 12.1 Å². The minimum Gasteiger partial charge on any atom is -0.352 e. The Morgan fingerprint density at radius 3 is 2.47 bits per heavy atom. The number of hydrogen-bond donors (Lipinski definition) is 0. The van der Waals surface area contributed by atoms with Crippen molar-refractivity contribution in [3.63, 3.8) is 0 Å². The minimum atomic E-state index is -4.57. The Morgan fingerprint density at radius 1 is 1.13 bits per heavy atom. The summed E-state index contributed by atoms with van der Waals surface area (Å²) in [5.41, 5.74) is 0.264. The topological polar surface area (TPSA) is 52.8 Å². The summed E-state index contributed by atoms with van der Waals surface area (Å²) in [5.74, 6) is -1.37. The third-order valence-electron chi connectivity index (χ3n) is 1.60. The zero-order valence-electron chi connectivity index (χ0n) is 7.23. The Bertz CT molecular complexity index is 448. The molecule has 0 aromatic carbocycles. The van der Waals surface area contributed by atoms with Gasteiger partial charge in [0, 0.05) is 12.0 Å². The number of hydrogen-bond acceptors (Lipinski definition) is 3. The molecule has 0 amide bonds. The van der Waals surface area contributed by atoms with Crippen LogP contribution in [-0.2, 0) is 6.18 Å². The summed E-state index contributed by atoms with van der Waals surface area (Å²) in [6.07, 6.45) is -3.13. The van der Waals surface area contributed by atoms with E-state index in [9.17, 15) is 13.2 Å². The largest absolute Gasteiger partial charge is 0.421 e. The maximum Gasteiger partial charge on any atom is 0.421 e. The van der Waals surface area contributed by atoms with Gasteiger partial charge in [-0.25, -0.2) is 0 Å². The van der Waals surface area contributed by atoms with Crippen LogP contribution in [0.4, 0.5) is 13.2 Å². The lowest BCUT2D eigenvalue weighted by Crippen LogP contribution is -2.08. The second-order valence-electron chi connectivity index (χ2n) is 2.67. The van der Waals surface area contributed by atoms with Crippen LogP contribution in [0.2, 0.25) is 0 Å². The molecule has 0 atom stereocenters. The van der Waals surface area contributed by atoms with Crippen molar-refractivity contribution in [1.29, 1.82) is 0 Å². The maximum atomic E-state index is 12.1. The molecule has 0 aliphatic heterocycles. The van der Waals surface area contributed by atoms with Crippen molar-refractivity contribution < 1.29 is 13.2 Å². The van der Waals surface area contributed by atoms with E-state index >= 15 is 0 Å². The molecule has 15 heavy (non-hydrogen) atoms. The first-order valence-corrected chi connectivity index (χ1v) is 3.93. The fourth-order valence-corrected chi connectivity index (χ4v) is 0.963. The van der Waals surface area contributed by atoms with Crippen molar-refractivity contribution in [3.05, 3.63) is 30.2 Å². The molecule has 0 radical (unpaired) electrons. The fourth-order valence-electron chi connectivity index (χ4n) is 0.963. The number of alkyl halides is 3. The fraction of sp³-hybridized carbons (Fsp3) is 0.125. The predicted octanol–water partition coefficient (Wildman–Crippen LogP) is 1.51. The molecule has 2 rings (SSSR count). The number of halogens is 3. The summed E-state index contributed by atoms with van der Waals surface area (Å²) in [5, 5.41) is 6.25. The summed E-state index contributed by atoms with van der Waals surface area (Å²) >= 11 is 0. The summed E-state index contributed by atoms with van der Waals surface area (Å²) in [7, 11) is 0. The van der Waals surface area contributed by atoms with E-state index in [-0.39, 0.29) is 11.5 Å². The van der Waals surface area contributed by atoms with Crippen LogP contribution in [0.15, 0.2) is 24.4 Å². The van der Waals surface area contributed by atoms with E-state index in [1.165, 1.54) is 12.3 Å². The van der Waals surface area contributed by atoms with E-state index in [0.717, 1.165) is 0 Å². The maximum absolute atomic E-state index is 12.1. The normalized spacial score (nSPS) is 11.7. The molecule has 0 saturated carbocycles. The van der Waals surface area contributed by atoms with Crippen LogP contribution in [0.1, 0.15) is 5.82 Å². The van der Waals surface area contributed by atoms with Gasteiger partial charge >= 0.3 is 6.18 Å². The van der Waals surface area contributed by atoms with Gasteiger partial charge in [-0.1, -0.05) is 6.07 Å². The van der Waals surface area contributed by atoms with E-state index in [4.69, 9.17) is 0 Å². The van der Waals surface area contributed by atoms with Gasteiger partial charge in [-0.15, -0.1) is 0 Å². The third-order valence-corrected chi connectivity index (χ3v) is 1.60. The second kappa shape index (κ2) is 3.34. The average molecular weight is 213 g/mol. The van der Waals surface area contributed by atoms with Gasteiger partial charge in [0.25, 0.3) is 0 Å². The first kappa shape index (κ1) is 9.63. The van der Waals surface area contributed by atoms with Gasteiger partial charge < -0.3 is 15.2 Å². The van der Waals surface area contributed by atoms with Crippen molar-refractivity contribution >= 4 is 0 Å². The smallest absolute Gasteiger partial charge is 0.352 e. The number of nitrogens with zero attached hydrogens (tertiary/aromatic N) is 4. The monoisotopic (exact) mass is 213 g/mol. The molecule has 0 fully saturated rings. The van der Waals surface area contributed by atoms with Crippen molar-refractivity contribution in [1.82, 2.24) is 20.2 Å². The highest BCUT2D eigenvalue weighted by molar-refractivity contribution is 5.47. The van der Waals surface area contributed by atoms with E-state index in [0.29, 0.717) is 0 Å². The molecule has 7 heteroatoms. The number of aromatic nitrogens is 4. The van der Waals surface area contributed by atoms with Crippen LogP contribution in [0.25, 0.3) is 11.5 Å². The molecule has 0 aliphatic carbocycles. The molecule has 0 N–H and O–H groups in total. The summed E-state index contributed by atoms with van der Waals surface area (Å²) < 4.78 is 36.4. The van der Waals surface area contributed by atoms with Gasteiger partial charge in [0.15, 0.2) is 0 Å². The Hall–Kier alpha value is -1.92. The van der Waals surface area contributed by atoms with E-state index in [2.05, 4.69) is 20.2 Å². The van der Waals surface area contributed by atoms with Crippen molar-refractivity contribution in [2.75, 3.05) is 0 Å². The standard InChI is InChI=1S/C8H4F3N4/c9-8(10,11)7-13-6(14-15-7)5-3-1-2-4-12-5/h1-4H/q-1. The molecule has 2 heterocycles. The van der Waals surface area contributed by atoms with E-state index < -0.39 is 12.0 Å². The summed E-state index contributed by atoms with van der Waals surface area (Å²) in [6.45, 7) is 0. The van der Waals surface area contributed by atoms with Crippen molar-refractivity contribution in [2.24, 2.45) is 0 Å². The van der Waals surface area contributed by atoms with Gasteiger partial charge in [0.2, 0.25) is 0 Å². The first-order chi connectivity index (χ1) is 7.07. The highest BCUT2D eigenvalue weighted by atomic mass is 19.4. The lowest BCUT2D eigenvalue weighted by molar-refractivity contribution is -0.145. The number of pyridine rings is 1. The summed E-state index contributed by atoms with van der Waals surface area (Å²) in [4.78, 5) is 7.05. The van der Waals surface area contributed by atoms with Gasteiger partial charge in [0.1, 0.15) is 0 Å². The molecule has 0 aliphatic rings. The highest BCUT2D eigenvalue weighted by Gasteiger charge is 2.29. The molecule has 0 unspecified atom stereocenters. The summed E-state index contributed by atoms with van der Waals surface area (Å²) in [6, 6.07) is 4.79. The highest BCUT2D eigenvalue weighted by Crippen LogP contribution is 2.26. The van der Waals surface area contributed by atoms with E-state index in [1.807, 2.05) is 0 Å². The average Bonchev–Trinajstić information content (AvgIpc) is 2.67. The Labute approximate surface area is 82.2 Å². The minimum absolute atomic E-state index is 0.122. The van der Waals surface area contributed by atoms with Crippen molar-refractivity contribution in [2.45, 2.75) is 6.18 Å². The second-order valence-corrected chi connectivity index (χ2v) is 2.67. The Kier molecular flexibility index (Phi) is 2.14. The van der Waals surface area contributed by atoms with Crippen LogP contribution in [-0.4, -0.2) is 15.2 Å². The molecular weight excluding hydrogens is 209 g/mol. The Balaban J connectivity index is 2.37. The van der Waals surface area contributed by atoms with Gasteiger partial charge in [0.05, 0.1) is 11.5 Å². The number of rotatable bonds is 1. The lowest BCUT2D eigenvalue weighted by atomic mass is 10.3. The van der Waals surface area contributed by atoms with Crippen LogP contribution >= 0.6 is 0 Å². The molecule has 2 aromatic rings. The SMILES string of the molecule is FC(F)(F)c1nnc(-c2ccccn2)[n-]1. The molecule has 78 valence electrons. The van der Waals surface area contributed by atoms with Gasteiger partial charge in [-0.2, -0.15) is 13.2 Å². The zero-order valence-corrected chi connectivity index (χ0v) is 7.23. The van der Waals surface area contributed by atoms with Crippen molar-refractivity contribution in [3.8, 4) is 11.5 Å². The quantitative estimate of drug-likeness (QED) is 0.720. The zero-order chi connectivity index (χ0) is 10.9. The van der Waals surface area contributed by atoms with Crippen LogP contribution < -0.4 is 4.98 Å². The van der Waals surface area contributed by atoms with Crippen LogP contribution in [0, 0.1) is 0 Å². The first-order valence-electron chi connectivity index (χ1n) is 3.93. The molecular formula is C8H4F3N4-.